The second-order valence-electron chi connectivity index (χ2n) is 4.70. The average molecular weight is 304 g/mol. The molecule has 0 bridgehead atoms. The number of ether oxygens (including phenoxy) is 1. The lowest BCUT2D eigenvalue weighted by molar-refractivity contribution is -0.139. The van der Waals surface area contributed by atoms with Gasteiger partial charge in [0, 0.05) is 11.5 Å². The van der Waals surface area contributed by atoms with Crippen molar-refractivity contribution in [1.29, 1.82) is 5.26 Å². The predicted molar refractivity (Wildman–Crippen MR) is 76.1 cm³/mol. The van der Waals surface area contributed by atoms with Gasteiger partial charge in [-0.25, -0.2) is 9.59 Å². The Balaban J connectivity index is 2.89. The number of carbonyl (C=O) groups excluding carboxylic acids is 2. The van der Waals surface area contributed by atoms with E-state index in [2.05, 4.69) is 10.1 Å². The van der Waals surface area contributed by atoms with E-state index in [1.165, 1.54) is 31.4 Å². The molecule has 2 N–H and O–H groups in total. The van der Waals surface area contributed by atoms with E-state index in [0.29, 0.717) is 0 Å². The Morgan fingerprint density at radius 3 is 2.55 bits per heavy atom. The molecular weight excluding hydrogens is 288 g/mol. The van der Waals surface area contributed by atoms with Gasteiger partial charge in [-0.1, -0.05) is 6.07 Å². The molecule has 1 rings (SSSR count). The monoisotopic (exact) mass is 304 g/mol. The molecule has 0 aliphatic heterocycles. The van der Waals surface area contributed by atoms with Gasteiger partial charge in [0.15, 0.2) is 0 Å². The fourth-order valence-corrected chi connectivity index (χ4v) is 1.77. The zero-order valence-corrected chi connectivity index (χ0v) is 12.2. The third-order valence-electron chi connectivity index (χ3n) is 2.96. The van der Waals surface area contributed by atoms with Crippen molar-refractivity contribution in [2.45, 2.75) is 19.4 Å². The smallest absolute Gasteiger partial charge is 0.337 e. The van der Waals surface area contributed by atoms with Gasteiger partial charge in [0.2, 0.25) is 0 Å². The number of hydrogen-bond donors (Lipinski definition) is 2. The summed E-state index contributed by atoms with van der Waals surface area (Å²) in [5, 5.41) is 20.2. The maximum Gasteiger partial charge on any atom is 0.337 e. The molecule has 0 heterocycles. The normalized spacial score (nSPS) is 12.6. The summed E-state index contributed by atoms with van der Waals surface area (Å²) in [6.07, 6.45) is -0.00569. The van der Waals surface area contributed by atoms with Crippen molar-refractivity contribution < 1.29 is 24.2 Å². The van der Waals surface area contributed by atoms with Gasteiger partial charge in [-0.3, -0.25) is 4.79 Å². The van der Waals surface area contributed by atoms with Gasteiger partial charge in [-0.15, -0.1) is 0 Å². The average Bonchev–Trinajstić information content (AvgIpc) is 2.53. The van der Waals surface area contributed by atoms with Crippen LogP contribution in [0.4, 0.5) is 0 Å². The Hall–Kier alpha value is -2.88. The van der Waals surface area contributed by atoms with Crippen molar-refractivity contribution >= 4 is 17.8 Å². The van der Waals surface area contributed by atoms with Crippen LogP contribution < -0.4 is 5.32 Å². The summed E-state index contributed by atoms with van der Waals surface area (Å²) in [6, 6.07) is 6.48. The number of rotatable bonds is 6. The summed E-state index contributed by atoms with van der Waals surface area (Å²) >= 11 is 0. The van der Waals surface area contributed by atoms with Crippen LogP contribution in [0.1, 0.15) is 34.1 Å². The van der Waals surface area contributed by atoms with Crippen LogP contribution >= 0.6 is 0 Å². The SMILES string of the molecule is COC(=O)c1cccc(C(=O)N[C@@H](C[C@H](C)C#N)C(=O)O)c1. The maximum atomic E-state index is 12.1. The number of nitrogens with zero attached hydrogens (tertiary/aromatic N) is 1. The minimum absolute atomic E-state index is 0.00569. The van der Waals surface area contributed by atoms with E-state index in [9.17, 15) is 14.4 Å². The number of hydrogen-bond acceptors (Lipinski definition) is 5. The molecule has 0 saturated carbocycles. The summed E-state index contributed by atoms with van der Waals surface area (Å²) in [5.74, 6) is -2.96. The Bertz CT molecular complexity index is 621. The van der Waals surface area contributed by atoms with E-state index in [1.54, 1.807) is 6.92 Å². The first-order valence-electron chi connectivity index (χ1n) is 6.50. The van der Waals surface area contributed by atoms with E-state index in [-0.39, 0.29) is 17.5 Å². The number of nitriles is 1. The van der Waals surface area contributed by atoms with Crippen LogP contribution in [0.5, 0.6) is 0 Å². The minimum atomic E-state index is -1.22. The summed E-state index contributed by atoms with van der Waals surface area (Å²) < 4.78 is 4.56. The molecule has 7 heteroatoms. The zero-order chi connectivity index (χ0) is 16.7. The molecule has 0 spiro atoms. The van der Waals surface area contributed by atoms with Crippen molar-refractivity contribution in [3.8, 4) is 6.07 Å². The number of aliphatic carboxylic acids is 1. The van der Waals surface area contributed by atoms with Gasteiger partial charge >= 0.3 is 11.9 Å². The summed E-state index contributed by atoms with van der Waals surface area (Å²) in [7, 11) is 1.22. The van der Waals surface area contributed by atoms with Crippen LogP contribution in [-0.4, -0.2) is 36.1 Å². The first-order chi connectivity index (χ1) is 10.4. The molecule has 1 aromatic rings. The van der Waals surface area contributed by atoms with E-state index in [4.69, 9.17) is 10.4 Å². The molecule has 0 aliphatic carbocycles. The third kappa shape index (κ3) is 4.59. The van der Waals surface area contributed by atoms with E-state index >= 15 is 0 Å². The summed E-state index contributed by atoms with van der Waals surface area (Å²) in [5.41, 5.74) is 0.325. The van der Waals surface area contributed by atoms with Gasteiger partial charge in [-0.2, -0.15) is 5.26 Å². The van der Waals surface area contributed by atoms with Crippen LogP contribution in [0.25, 0.3) is 0 Å². The standard InChI is InChI=1S/C15H16N2O5/c1-9(8-16)6-12(14(19)20)17-13(18)10-4-3-5-11(7-10)15(21)22-2/h3-5,7,9,12H,6H2,1-2H3,(H,17,18)(H,19,20)/t9-,12-/m0/s1. The fraction of sp³-hybridized carbons (Fsp3) is 0.333. The number of carboxylic acids is 1. The van der Waals surface area contributed by atoms with Gasteiger partial charge in [0.05, 0.1) is 18.7 Å². The Morgan fingerprint density at radius 1 is 1.36 bits per heavy atom. The number of amides is 1. The van der Waals surface area contributed by atoms with Crippen molar-refractivity contribution in [2.24, 2.45) is 5.92 Å². The molecule has 1 amide bonds. The molecule has 0 radical (unpaired) electrons. The highest BCUT2D eigenvalue weighted by Gasteiger charge is 2.23. The molecule has 1 aromatic carbocycles. The Morgan fingerprint density at radius 2 is 2.00 bits per heavy atom. The van der Waals surface area contributed by atoms with Crippen molar-refractivity contribution in [1.82, 2.24) is 5.32 Å². The van der Waals surface area contributed by atoms with E-state index < -0.39 is 29.8 Å². The van der Waals surface area contributed by atoms with Crippen LogP contribution in [0.3, 0.4) is 0 Å². The first kappa shape index (κ1) is 17.2. The maximum absolute atomic E-state index is 12.1. The van der Waals surface area contributed by atoms with Crippen molar-refractivity contribution in [2.75, 3.05) is 7.11 Å². The quantitative estimate of drug-likeness (QED) is 0.763. The fourth-order valence-electron chi connectivity index (χ4n) is 1.77. The summed E-state index contributed by atoms with van der Waals surface area (Å²) in [6.45, 7) is 1.57. The molecule has 0 unspecified atom stereocenters. The van der Waals surface area contributed by atoms with Crippen molar-refractivity contribution in [3.63, 3.8) is 0 Å². The highest BCUT2D eigenvalue weighted by Crippen LogP contribution is 2.09. The van der Waals surface area contributed by atoms with E-state index in [0.717, 1.165) is 0 Å². The second-order valence-corrected chi connectivity index (χ2v) is 4.70. The lowest BCUT2D eigenvalue weighted by atomic mass is 10.0. The lowest BCUT2D eigenvalue weighted by Gasteiger charge is -2.15. The number of nitrogens with one attached hydrogen (secondary N) is 1. The van der Waals surface area contributed by atoms with Gasteiger partial charge in [0.1, 0.15) is 6.04 Å². The van der Waals surface area contributed by atoms with Gasteiger partial charge in [0.25, 0.3) is 5.91 Å². The molecule has 0 aromatic heterocycles. The van der Waals surface area contributed by atoms with E-state index in [1.807, 2.05) is 6.07 Å². The number of carbonyl (C=O) groups is 3. The zero-order valence-electron chi connectivity index (χ0n) is 12.2. The summed E-state index contributed by atoms with van der Waals surface area (Å²) in [4.78, 5) is 34.6. The van der Waals surface area contributed by atoms with Gasteiger partial charge in [-0.05, 0) is 31.5 Å². The number of esters is 1. The molecule has 0 saturated heterocycles. The lowest BCUT2D eigenvalue weighted by Crippen LogP contribution is -2.41. The Kier molecular flexibility index (Phi) is 6.08. The van der Waals surface area contributed by atoms with Gasteiger partial charge < -0.3 is 15.2 Å². The predicted octanol–water partition coefficient (Wildman–Crippen LogP) is 1.21. The highest BCUT2D eigenvalue weighted by molar-refractivity contribution is 5.99. The molecule has 22 heavy (non-hydrogen) atoms. The Labute approximate surface area is 127 Å². The first-order valence-corrected chi connectivity index (χ1v) is 6.50. The molecule has 116 valence electrons. The van der Waals surface area contributed by atoms with Crippen LogP contribution in [0.2, 0.25) is 0 Å². The van der Waals surface area contributed by atoms with Crippen molar-refractivity contribution in [3.05, 3.63) is 35.4 Å². The van der Waals surface area contributed by atoms with Crippen LogP contribution in [0, 0.1) is 17.2 Å². The number of carboxylic acid groups (broad SMARTS) is 1. The second kappa shape index (κ2) is 7.78. The number of benzene rings is 1. The number of methoxy groups -OCH3 is 1. The minimum Gasteiger partial charge on any atom is -0.480 e. The highest BCUT2D eigenvalue weighted by atomic mass is 16.5. The molecule has 0 fully saturated rings. The topological polar surface area (TPSA) is 116 Å². The molecule has 7 nitrogen and oxygen atoms in total. The van der Waals surface area contributed by atoms with Crippen LogP contribution in [0.15, 0.2) is 24.3 Å². The third-order valence-corrected chi connectivity index (χ3v) is 2.96. The van der Waals surface area contributed by atoms with Crippen LogP contribution in [-0.2, 0) is 9.53 Å². The molecular formula is C15H16N2O5. The largest absolute Gasteiger partial charge is 0.480 e. The molecule has 2 atom stereocenters. The molecule has 0 aliphatic rings.